The summed E-state index contributed by atoms with van der Waals surface area (Å²) in [5, 5.41) is 0. The summed E-state index contributed by atoms with van der Waals surface area (Å²) in [5.74, 6) is -0.187. The fraction of sp³-hybridized carbons (Fsp3) is 0.167. The molecule has 2 aromatic rings. The summed E-state index contributed by atoms with van der Waals surface area (Å²) in [7, 11) is 0. The molecule has 2 aromatic carbocycles. The lowest BCUT2D eigenvalue weighted by Gasteiger charge is -2.07. The van der Waals surface area contributed by atoms with E-state index in [0.717, 1.165) is 22.4 Å². The van der Waals surface area contributed by atoms with Gasteiger partial charge in [-0.25, -0.2) is 4.39 Å². The Labute approximate surface area is 124 Å². The van der Waals surface area contributed by atoms with Gasteiger partial charge in [-0.2, -0.15) is 0 Å². The lowest BCUT2D eigenvalue weighted by atomic mass is 10.0. The van der Waals surface area contributed by atoms with Crippen LogP contribution in [0.25, 0.3) is 11.1 Å². The summed E-state index contributed by atoms with van der Waals surface area (Å²) in [6.45, 7) is 5.59. The average Bonchev–Trinajstić information content (AvgIpc) is 2.43. The van der Waals surface area contributed by atoms with Crippen molar-refractivity contribution in [1.82, 2.24) is 0 Å². The fourth-order valence-electron chi connectivity index (χ4n) is 1.99. The Morgan fingerprint density at radius 1 is 1.05 bits per heavy atom. The van der Waals surface area contributed by atoms with Gasteiger partial charge in [0.1, 0.15) is 5.82 Å². The Balaban J connectivity index is 2.40. The molecule has 0 aliphatic heterocycles. The number of aryl methyl sites for hydroxylation is 2. The van der Waals surface area contributed by atoms with E-state index < -0.39 is 0 Å². The minimum Gasteiger partial charge on any atom is -0.402 e. The van der Waals surface area contributed by atoms with E-state index in [4.69, 9.17) is 5.73 Å². The summed E-state index contributed by atoms with van der Waals surface area (Å²) in [5.41, 5.74) is 10.9. The van der Waals surface area contributed by atoms with Gasteiger partial charge in [-0.15, -0.1) is 0 Å². The van der Waals surface area contributed by atoms with Crippen LogP contribution < -0.4 is 5.73 Å². The zero-order chi connectivity index (χ0) is 15.4. The van der Waals surface area contributed by atoms with Crippen LogP contribution in [0.4, 0.5) is 10.1 Å². The second-order valence-corrected chi connectivity index (χ2v) is 5.15. The van der Waals surface area contributed by atoms with Crippen LogP contribution in [0.3, 0.4) is 0 Å². The van der Waals surface area contributed by atoms with Crippen LogP contribution in [0.2, 0.25) is 0 Å². The summed E-state index contributed by atoms with van der Waals surface area (Å²) < 4.78 is 13.4. The molecule has 0 unspecified atom stereocenters. The number of allylic oxidation sites excluding steroid dienone is 2. The van der Waals surface area contributed by atoms with Crippen molar-refractivity contribution in [2.24, 2.45) is 10.7 Å². The second-order valence-electron chi connectivity index (χ2n) is 5.15. The van der Waals surface area contributed by atoms with Crippen molar-refractivity contribution in [3.63, 3.8) is 0 Å². The molecular weight excluding hydrogens is 263 g/mol. The quantitative estimate of drug-likeness (QED) is 0.816. The third kappa shape index (κ3) is 3.78. The summed E-state index contributed by atoms with van der Waals surface area (Å²) in [6.07, 6.45) is 3.45. The van der Waals surface area contributed by atoms with Crippen molar-refractivity contribution in [3.8, 4) is 11.1 Å². The molecule has 0 radical (unpaired) electrons. The SMILES string of the molecule is CC(N)=CC=Nc1cc(-c2ccc(F)c(C)c2)ccc1C. The lowest BCUT2D eigenvalue weighted by molar-refractivity contribution is 0.619. The molecule has 0 saturated heterocycles. The second kappa shape index (κ2) is 6.35. The van der Waals surface area contributed by atoms with Gasteiger partial charge in [0.05, 0.1) is 5.69 Å². The number of rotatable bonds is 3. The third-order valence-corrected chi connectivity index (χ3v) is 3.25. The van der Waals surface area contributed by atoms with E-state index in [0.29, 0.717) is 11.3 Å². The van der Waals surface area contributed by atoms with Gasteiger partial charge in [-0.3, -0.25) is 4.99 Å². The van der Waals surface area contributed by atoms with Gasteiger partial charge >= 0.3 is 0 Å². The number of nitrogens with zero attached hydrogens (tertiary/aromatic N) is 1. The molecule has 0 saturated carbocycles. The first-order chi connectivity index (χ1) is 9.97. The topological polar surface area (TPSA) is 38.4 Å². The van der Waals surface area contributed by atoms with Crippen LogP contribution >= 0.6 is 0 Å². The van der Waals surface area contributed by atoms with E-state index >= 15 is 0 Å². The number of aliphatic imine (C=N–C) groups is 1. The average molecular weight is 282 g/mol. The van der Waals surface area contributed by atoms with Gasteiger partial charge < -0.3 is 5.73 Å². The van der Waals surface area contributed by atoms with Gasteiger partial charge in [0.25, 0.3) is 0 Å². The molecular formula is C18H19FN2. The summed E-state index contributed by atoms with van der Waals surface area (Å²) in [6, 6.07) is 11.2. The number of hydrogen-bond donors (Lipinski definition) is 1. The molecule has 0 heterocycles. The van der Waals surface area contributed by atoms with Crippen LogP contribution in [-0.2, 0) is 0 Å². The molecule has 0 aromatic heterocycles. The van der Waals surface area contributed by atoms with Crippen molar-refractivity contribution in [2.75, 3.05) is 0 Å². The molecule has 108 valence electrons. The van der Waals surface area contributed by atoms with Crippen molar-refractivity contribution < 1.29 is 4.39 Å². The molecule has 21 heavy (non-hydrogen) atoms. The maximum absolute atomic E-state index is 13.4. The standard InChI is InChI=1S/C18H19FN2/c1-12-4-5-16(11-18(12)21-9-8-14(3)20)15-6-7-17(19)13(2)10-15/h4-11H,20H2,1-3H3. The van der Waals surface area contributed by atoms with Gasteiger partial charge in [0.15, 0.2) is 0 Å². The third-order valence-electron chi connectivity index (χ3n) is 3.25. The highest BCUT2D eigenvalue weighted by Crippen LogP contribution is 2.28. The van der Waals surface area contributed by atoms with Crippen molar-refractivity contribution in [1.29, 1.82) is 0 Å². The Kier molecular flexibility index (Phi) is 4.53. The molecule has 0 amide bonds. The molecule has 0 aliphatic carbocycles. The lowest BCUT2D eigenvalue weighted by Crippen LogP contribution is -1.89. The largest absolute Gasteiger partial charge is 0.402 e. The molecule has 2 N–H and O–H groups in total. The number of benzene rings is 2. The minimum absolute atomic E-state index is 0.187. The molecule has 0 atom stereocenters. The number of nitrogens with two attached hydrogens (primary N) is 1. The molecule has 0 bridgehead atoms. The van der Waals surface area contributed by atoms with E-state index in [-0.39, 0.29) is 5.82 Å². The van der Waals surface area contributed by atoms with E-state index in [2.05, 4.69) is 4.99 Å². The maximum atomic E-state index is 13.4. The highest BCUT2D eigenvalue weighted by atomic mass is 19.1. The molecule has 0 spiro atoms. The van der Waals surface area contributed by atoms with Crippen LogP contribution in [0.5, 0.6) is 0 Å². The van der Waals surface area contributed by atoms with Crippen LogP contribution in [0.1, 0.15) is 18.1 Å². The Bertz CT molecular complexity index is 711. The smallest absolute Gasteiger partial charge is 0.126 e. The van der Waals surface area contributed by atoms with E-state index in [1.165, 1.54) is 6.07 Å². The maximum Gasteiger partial charge on any atom is 0.126 e. The first-order valence-electron chi connectivity index (χ1n) is 6.81. The highest BCUT2D eigenvalue weighted by molar-refractivity contribution is 5.77. The fourth-order valence-corrected chi connectivity index (χ4v) is 1.99. The molecule has 3 heteroatoms. The van der Waals surface area contributed by atoms with E-state index in [1.807, 2.05) is 38.1 Å². The van der Waals surface area contributed by atoms with Gasteiger partial charge in [0, 0.05) is 11.9 Å². The molecule has 0 aliphatic rings. The van der Waals surface area contributed by atoms with Gasteiger partial charge in [-0.05, 0) is 67.3 Å². The van der Waals surface area contributed by atoms with E-state index in [1.54, 1.807) is 25.3 Å². The number of hydrogen-bond acceptors (Lipinski definition) is 2. The van der Waals surface area contributed by atoms with E-state index in [9.17, 15) is 4.39 Å². The zero-order valence-corrected chi connectivity index (χ0v) is 12.5. The molecule has 2 rings (SSSR count). The number of halogens is 1. The summed E-state index contributed by atoms with van der Waals surface area (Å²) >= 11 is 0. The van der Waals surface area contributed by atoms with Gasteiger partial charge in [0.2, 0.25) is 0 Å². The predicted octanol–water partition coefficient (Wildman–Crippen LogP) is 4.67. The predicted molar refractivity (Wildman–Crippen MR) is 87.4 cm³/mol. The highest BCUT2D eigenvalue weighted by Gasteiger charge is 2.04. The van der Waals surface area contributed by atoms with Crippen LogP contribution in [0.15, 0.2) is 53.2 Å². The Morgan fingerprint density at radius 3 is 2.38 bits per heavy atom. The Morgan fingerprint density at radius 2 is 1.71 bits per heavy atom. The van der Waals surface area contributed by atoms with Crippen molar-refractivity contribution >= 4 is 11.9 Å². The van der Waals surface area contributed by atoms with Gasteiger partial charge in [-0.1, -0.05) is 18.2 Å². The van der Waals surface area contributed by atoms with Crippen LogP contribution in [-0.4, -0.2) is 6.21 Å². The first kappa shape index (κ1) is 15.0. The monoisotopic (exact) mass is 282 g/mol. The van der Waals surface area contributed by atoms with Crippen LogP contribution in [0, 0.1) is 19.7 Å². The zero-order valence-electron chi connectivity index (χ0n) is 12.5. The summed E-state index contributed by atoms with van der Waals surface area (Å²) in [4.78, 5) is 4.42. The first-order valence-corrected chi connectivity index (χ1v) is 6.81. The van der Waals surface area contributed by atoms with Crippen molar-refractivity contribution in [2.45, 2.75) is 20.8 Å². The van der Waals surface area contributed by atoms with Crippen molar-refractivity contribution in [3.05, 3.63) is 65.1 Å². The minimum atomic E-state index is -0.187. The normalized spacial score (nSPS) is 12.1. The molecule has 0 fully saturated rings. The molecule has 2 nitrogen and oxygen atoms in total. The Hall–Kier alpha value is -2.42.